The maximum Gasteiger partial charge on any atom is 0.305 e. The van der Waals surface area contributed by atoms with Crippen LogP contribution in [-0.4, -0.2) is 43.9 Å². The lowest BCUT2D eigenvalue weighted by atomic mass is 10.1. The molecule has 2 N–H and O–H groups in total. The van der Waals surface area contributed by atoms with Crippen LogP contribution in [0.1, 0.15) is 50.2 Å². The maximum atomic E-state index is 12.9. The highest BCUT2D eigenvalue weighted by molar-refractivity contribution is 7.91. The fourth-order valence-electron chi connectivity index (χ4n) is 3.56. The molecule has 0 aliphatic heterocycles. The van der Waals surface area contributed by atoms with Crippen LogP contribution in [0.5, 0.6) is 0 Å². The summed E-state index contributed by atoms with van der Waals surface area (Å²) in [5.41, 5.74) is 0.297. The first-order chi connectivity index (χ1) is 16.5. The van der Waals surface area contributed by atoms with E-state index in [1.807, 2.05) is 0 Å². The van der Waals surface area contributed by atoms with E-state index >= 15 is 0 Å². The van der Waals surface area contributed by atoms with E-state index in [9.17, 15) is 23.1 Å². The SMILES string of the molecule is [C-]#[N+]c1ccc(NC(=O)[C@](C)(O)CS(=O)(=O)c2ccc(CCCCCCC(=O)OC)cc2)cc1C. The van der Waals surface area contributed by atoms with Gasteiger partial charge in [0.2, 0.25) is 0 Å². The lowest BCUT2D eigenvalue weighted by molar-refractivity contribution is -0.140. The molecule has 0 aromatic heterocycles. The molecule has 0 heterocycles. The summed E-state index contributed by atoms with van der Waals surface area (Å²) in [5, 5.41) is 13.2. The standard InChI is InChI=1S/C26H32N2O6S/c1-19-17-21(13-16-23(19)27-3)28-25(30)26(2,31)18-35(32,33)22-14-11-20(12-15-22)9-7-5-6-8-10-24(29)34-4/h11-17,31H,5-10,18H2,1-2,4H3,(H,28,30)/t26-/m1/s1. The molecule has 2 rings (SSSR count). The molecule has 0 radical (unpaired) electrons. The predicted molar refractivity (Wildman–Crippen MR) is 134 cm³/mol. The molecule has 9 heteroatoms. The Morgan fingerprint density at radius 1 is 1.09 bits per heavy atom. The number of unbranched alkanes of at least 4 members (excludes halogenated alkanes) is 3. The van der Waals surface area contributed by atoms with Gasteiger partial charge in [-0.25, -0.2) is 13.3 Å². The fraction of sp³-hybridized carbons (Fsp3) is 0.423. The van der Waals surface area contributed by atoms with E-state index in [0.717, 1.165) is 44.6 Å². The highest BCUT2D eigenvalue weighted by Gasteiger charge is 2.36. The number of benzene rings is 2. The van der Waals surface area contributed by atoms with Gasteiger partial charge in [-0.3, -0.25) is 9.59 Å². The average molecular weight is 501 g/mol. The molecule has 0 aliphatic carbocycles. The van der Waals surface area contributed by atoms with Crippen molar-refractivity contribution in [3.63, 3.8) is 0 Å². The topological polar surface area (TPSA) is 114 Å². The van der Waals surface area contributed by atoms with Crippen LogP contribution in [-0.2, 0) is 30.6 Å². The summed E-state index contributed by atoms with van der Waals surface area (Å²) in [5.74, 6) is -1.83. The van der Waals surface area contributed by atoms with E-state index in [4.69, 9.17) is 6.57 Å². The van der Waals surface area contributed by atoms with Crippen LogP contribution in [0.15, 0.2) is 47.4 Å². The van der Waals surface area contributed by atoms with E-state index in [0.29, 0.717) is 23.4 Å². The largest absolute Gasteiger partial charge is 0.469 e. The van der Waals surface area contributed by atoms with Gasteiger partial charge >= 0.3 is 5.97 Å². The number of aliphatic hydroxyl groups is 1. The van der Waals surface area contributed by atoms with E-state index in [1.165, 1.54) is 25.3 Å². The van der Waals surface area contributed by atoms with Gasteiger partial charge in [0.15, 0.2) is 21.1 Å². The number of aryl methyl sites for hydroxylation is 2. The third kappa shape index (κ3) is 8.50. The van der Waals surface area contributed by atoms with E-state index < -0.39 is 27.1 Å². The van der Waals surface area contributed by atoms with Crippen LogP contribution in [0.4, 0.5) is 11.4 Å². The molecule has 0 fully saturated rings. The van der Waals surface area contributed by atoms with Crippen molar-refractivity contribution in [2.75, 3.05) is 18.2 Å². The Bertz CT molecular complexity index is 1180. The molecule has 1 amide bonds. The quantitative estimate of drug-likeness (QED) is 0.254. The second-order valence-electron chi connectivity index (χ2n) is 8.73. The summed E-state index contributed by atoms with van der Waals surface area (Å²) in [6.07, 6.45) is 4.77. The molecular formula is C26H32N2O6S. The molecule has 0 saturated carbocycles. The van der Waals surface area contributed by atoms with Gasteiger partial charge in [-0.2, -0.15) is 0 Å². The smallest absolute Gasteiger partial charge is 0.305 e. The number of esters is 1. The zero-order chi connectivity index (χ0) is 26.1. The average Bonchev–Trinajstić information content (AvgIpc) is 2.80. The Balaban J connectivity index is 1.92. The molecule has 1 atom stereocenters. The first-order valence-corrected chi connectivity index (χ1v) is 13.0. The van der Waals surface area contributed by atoms with Gasteiger partial charge in [0, 0.05) is 12.1 Å². The number of methoxy groups -OCH3 is 1. The third-order valence-corrected chi connectivity index (χ3v) is 7.57. The number of hydrogen-bond donors (Lipinski definition) is 2. The minimum Gasteiger partial charge on any atom is -0.469 e. The number of carbonyl (C=O) groups is 2. The highest BCUT2D eigenvalue weighted by Crippen LogP contribution is 2.24. The Kier molecular flexibility index (Phi) is 9.99. The number of ether oxygens (including phenoxy) is 1. The van der Waals surface area contributed by atoms with E-state index in [2.05, 4.69) is 14.9 Å². The number of carbonyl (C=O) groups excluding carboxylic acids is 2. The van der Waals surface area contributed by atoms with Crippen LogP contribution in [0, 0.1) is 13.5 Å². The van der Waals surface area contributed by atoms with Crippen molar-refractivity contribution in [1.29, 1.82) is 0 Å². The predicted octanol–water partition coefficient (Wildman–Crippen LogP) is 4.38. The molecule has 2 aromatic rings. The summed E-state index contributed by atoms with van der Waals surface area (Å²) in [6, 6.07) is 11.1. The summed E-state index contributed by atoms with van der Waals surface area (Å²) in [6.45, 7) is 9.97. The van der Waals surface area contributed by atoms with Crippen molar-refractivity contribution in [2.24, 2.45) is 0 Å². The van der Waals surface area contributed by atoms with E-state index in [-0.39, 0.29) is 10.9 Å². The zero-order valence-corrected chi connectivity index (χ0v) is 21.2. The van der Waals surface area contributed by atoms with Crippen LogP contribution in [0.3, 0.4) is 0 Å². The number of nitrogens with zero attached hydrogens (tertiary/aromatic N) is 1. The van der Waals surface area contributed by atoms with Crippen LogP contribution >= 0.6 is 0 Å². The second-order valence-corrected chi connectivity index (χ2v) is 10.7. The molecule has 0 aliphatic rings. The Morgan fingerprint density at radius 2 is 1.74 bits per heavy atom. The normalized spacial score (nSPS) is 12.9. The third-order valence-electron chi connectivity index (χ3n) is 5.64. The molecular weight excluding hydrogens is 468 g/mol. The molecule has 188 valence electrons. The summed E-state index contributed by atoms with van der Waals surface area (Å²) < 4.78 is 30.3. The van der Waals surface area contributed by atoms with Gasteiger partial charge in [-0.1, -0.05) is 31.0 Å². The van der Waals surface area contributed by atoms with Gasteiger partial charge in [-0.15, -0.1) is 0 Å². The zero-order valence-electron chi connectivity index (χ0n) is 20.3. The first-order valence-electron chi connectivity index (χ1n) is 11.4. The van der Waals surface area contributed by atoms with Crippen LogP contribution in [0.2, 0.25) is 0 Å². The molecule has 8 nitrogen and oxygen atoms in total. The molecule has 0 spiro atoms. The molecule has 0 unspecified atom stereocenters. The Labute approximate surface area is 207 Å². The molecule has 2 aromatic carbocycles. The molecule has 0 saturated heterocycles. The Hall–Kier alpha value is -3.22. The number of nitrogens with one attached hydrogen (secondary N) is 1. The minimum absolute atomic E-state index is 0.0321. The number of anilines is 1. The van der Waals surface area contributed by atoms with Crippen molar-refractivity contribution < 1.29 is 27.9 Å². The van der Waals surface area contributed by atoms with Crippen LogP contribution < -0.4 is 5.32 Å². The summed E-state index contributed by atoms with van der Waals surface area (Å²) >= 11 is 0. The number of sulfone groups is 1. The van der Waals surface area contributed by atoms with Gasteiger partial charge < -0.3 is 15.2 Å². The van der Waals surface area contributed by atoms with Crippen LogP contribution in [0.25, 0.3) is 4.85 Å². The van der Waals surface area contributed by atoms with Crippen molar-refractivity contribution >= 4 is 33.1 Å². The van der Waals surface area contributed by atoms with Crippen molar-refractivity contribution in [3.05, 3.63) is 65.0 Å². The van der Waals surface area contributed by atoms with Gasteiger partial charge in [-0.05, 0) is 68.5 Å². The monoisotopic (exact) mass is 500 g/mol. The maximum absolute atomic E-state index is 12.9. The van der Waals surface area contributed by atoms with Crippen molar-refractivity contribution in [1.82, 2.24) is 0 Å². The molecule has 35 heavy (non-hydrogen) atoms. The number of rotatable bonds is 12. The fourth-order valence-corrected chi connectivity index (χ4v) is 5.15. The van der Waals surface area contributed by atoms with Gasteiger partial charge in [0.1, 0.15) is 0 Å². The molecule has 0 bridgehead atoms. The van der Waals surface area contributed by atoms with Gasteiger partial charge in [0.05, 0.1) is 24.3 Å². The van der Waals surface area contributed by atoms with E-state index in [1.54, 1.807) is 31.2 Å². The van der Waals surface area contributed by atoms with Crippen molar-refractivity contribution in [2.45, 2.75) is 62.9 Å². The highest BCUT2D eigenvalue weighted by atomic mass is 32.2. The minimum atomic E-state index is -3.93. The number of amides is 1. The lowest BCUT2D eigenvalue weighted by Crippen LogP contribution is -2.45. The number of hydrogen-bond acceptors (Lipinski definition) is 6. The Morgan fingerprint density at radius 3 is 2.34 bits per heavy atom. The lowest BCUT2D eigenvalue weighted by Gasteiger charge is -2.22. The summed E-state index contributed by atoms with van der Waals surface area (Å²) in [7, 11) is -2.55. The van der Waals surface area contributed by atoms with Crippen molar-refractivity contribution in [3.8, 4) is 0 Å². The second kappa shape index (κ2) is 12.5. The first kappa shape index (κ1) is 28.0. The summed E-state index contributed by atoms with van der Waals surface area (Å²) in [4.78, 5) is 27.1. The van der Waals surface area contributed by atoms with Gasteiger partial charge in [0.25, 0.3) is 5.91 Å².